The smallest absolute Gasteiger partial charge is 0.321 e. The van der Waals surface area contributed by atoms with Crippen LogP contribution in [0.1, 0.15) is 19.3 Å². The Hall–Kier alpha value is -2.99. The topological polar surface area (TPSA) is 101 Å². The van der Waals surface area contributed by atoms with E-state index in [1.807, 2.05) is 18.2 Å². The van der Waals surface area contributed by atoms with Crippen molar-refractivity contribution in [3.63, 3.8) is 0 Å². The van der Waals surface area contributed by atoms with Crippen molar-refractivity contribution in [3.05, 3.63) is 91.0 Å². The molecule has 0 aromatic heterocycles. The molecule has 1 aliphatic heterocycles. The van der Waals surface area contributed by atoms with Crippen LogP contribution in [0, 0.1) is 0 Å². The fourth-order valence-corrected chi connectivity index (χ4v) is 10.3. The summed E-state index contributed by atoms with van der Waals surface area (Å²) in [4.78, 5) is 37.8. The molecule has 192 valence electrons. The Morgan fingerprint density at radius 2 is 1.38 bits per heavy atom. The van der Waals surface area contributed by atoms with Crippen LogP contribution in [0.15, 0.2) is 91.0 Å². The van der Waals surface area contributed by atoms with Gasteiger partial charge in [0.05, 0.1) is 11.4 Å². The number of thioether (sulfide) groups is 1. The lowest BCUT2D eigenvalue weighted by Gasteiger charge is -2.28. The molecule has 3 aromatic rings. The lowest BCUT2D eigenvalue weighted by molar-refractivity contribution is -0.139. The van der Waals surface area contributed by atoms with Gasteiger partial charge in [0.25, 0.3) is 0 Å². The Morgan fingerprint density at radius 1 is 0.892 bits per heavy atom. The lowest BCUT2D eigenvalue weighted by Crippen LogP contribution is -2.35. The summed E-state index contributed by atoms with van der Waals surface area (Å²) in [6, 6.07) is 30.9. The molecule has 8 heteroatoms. The first-order chi connectivity index (χ1) is 17.9. The summed E-state index contributed by atoms with van der Waals surface area (Å²) >= 11 is 1.16. The van der Waals surface area contributed by atoms with Gasteiger partial charge in [-0.25, -0.2) is 0 Å². The van der Waals surface area contributed by atoms with Crippen LogP contribution in [-0.2, 0) is 14.4 Å². The van der Waals surface area contributed by atoms with E-state index < -0.39 is 24.5 Å². The molecule has 1 aliphatic rings. The fraction of sp³-hybridized carbons (Fsp3) is 0.276. The molecule has 1 heterocycles. The van der Waals surface area contributed by atoms with E-state index in [-0.39, 0.29) is 24.0 Å². The summed E-state index contributed by atoms with van der Waals surface area (Å²) in [6.07, 6.45) is 2.58. The molecule has 0 aliphatic carbocycles. The first-order valence-electron chi connectivity index (χ1n) is 12.4. The van der Waals surface area contributed by atoms with Crippen molar-refractivity contribution >= 4 is 52.7 Å². The standard InChI is InChI=1S/C29H31N2O4PS/c30-25(29(34)35)21-37-26-20-27(32)31(28(26)33)18-10-11-19-36(22-12-4-1-5-13-22,23-14-6-2-7-15-23)24-16-8-3-9-17-24/h1-9,12-17,25-26H,10-11,18-21,30H2/p+1/t25-,26?/m0/s1. The van der Waals surface area contributed by atoms with Gasteiger partial charge < -0.3 is 10.8 Å². The Bertz CT molecular complexity index is 1110. The van der Waals surface area contributed by atoms with Crippen LogP contribution in [0.4, 0.5) is 0 Å². The number of carbonyl (C=O) groups is 3. The van der Waals surface area contributed by atoms with Gasteiger partial charge in [0.15, 0.2) is 0 Å². The van der Waals surface area contributed by atoms with E-state index in [0.717, 1.165) is 24.3 Å². The minimum atomic E-state index is -1.95. The minimum absolute atomic E-state index is 0.102. The van der Waals surface area contributed by atoms with E-state index in [1.54, 1.807) is 0 Å². The summed E-state index contributed by atoms with van der Waals surface area (Å²) in [6.45, 7) is 0.373. The molecule has 3 N–H and O–H groups in total. The molecule has 1 saturated heterocycles. The molecule has 37 heavy (non-hydrogen) atoms. The fourth-order valence-electron chi connectivity index (χ4n) is 4.81. The number of aliphatic carboxylic acids is 1. The second-order valence-electron chi connectivity index (χ2n) is 9.10. The average molecular weight is 536 g/mol. The Morgan fingerprint density at radius 3 is 1.84 bits per heavy atom. The number of nitrogens with zero attached hydrogens (tertiary/aromatic N) is 1. The highest BCUT2D eigenvalue weighted by atomic mass is 32.2. The maximum atomic E-state index is 12.9. The van der Waals surface area contributed by atoms with Gasteiger partial charge in [0, 0.05) is 18.7 Å². The number of hydrogen-bond donors (Lipinski definition) is 2. The van der Waals surface area contributed by atoms with Crippen molar-refractivity contribution in [2.45, 2.75) is 30.6 Å². The third-order valence-electron chi connectivity index (χ3n) is 6.71. The summed E-state index contributed by atoms with van der Waals surface area (Å²) in [7, 11) is -1.95. The average Bonchev–Trinajstić information content (AvgIpc) is 3.20. The van der Waals surface area contributed by atoms with Crippen LogP contribution in [-0.4, -0.2) is 57.5 Å². The molecule has 0 bridgehead atoms. The molecule has 0 saturated carbocycles. The monoisotopic (exact) mass is 535 g/mol. The van der Waals surface area contributed by atoms with Gasteiger partial charge in [0.2, 0.25) is 11.8 Å². The van der Waals surface area contributed by atoms with E-state index in [0.29, 0.717) is 13.0 Å². The predicted molar refractivity (Wildman–Crippen MR) is 152 cm³/mol. The minimum Gasteiger partial charge on any atom is -0.480 e. The van der Waals surface area contributed by atoms with Gasteiger partial charge in [-0.15, -0.1) is 11.8 Å². The van der Waals surface area contributed by atoms with E-state index >= 15 is 0 Å². The number of carbonyl (C=O) groups excluding carboxylic acids is 2. The summed E-state index contributed by atoms with van der Waals surface area (Å²) in [5, 5.41) is 12.4. The molecular formula is C29H32N2O4PS+. The maximum absolute atomic E-state index is 12.9. The third kappa shape index (κ3) is 6.12. The number of carboxylic acids is 1. The number of benzene rings is 3. The molecular weight excluding hydrogens is 503 g/mol. The van der Waals surface area contributed by atoms with Crippen LogP contribution >= 0.6 is 19.0 Å². The van der Waals surface area contributed by atoms with E-state index in [2.05, 4.69) is 72.8 Å². The first-order valence-corrected chi connectivity index (χ1v) is 15.4. The third-order valence-corrected chi connectivity index (χ3v) is 12.6. The van der Waals surface area contributed by atoms with Gasteiger partial charge in [-0.1, -0.05) is 54.6 Å². The number of unbranched alkanes of at least 4 members (excludes halogenated alkanes) is 1. The predicted octanol–water partition coefficient (Wildman–Crippen LogP) is 3.03. The van der Waals surface area contributed by atoms with Crippen LogP contribution in [0.3, 0.4) is 0 Å². The molecule has 0 spiro atoms. The quantitative estimate of drug-likeness (QED) is 0.210. The molecule has 3 aromatic carbocycles. The molecule has 4 rings (SSSR count). The molecule has 1 fully saturated rings. The highest BCUT2D eigenvalue weighted by molar-refractivity contribution is 8.00. The Labute approximate surface area is 222 Å². The van der Waals surface area contributed by atoms with Crippen LogP contribution in [0.25, 0.3) is 0 Å². The number of amides is 2. The van der Waals surface area contributed by atoms with Gasteiger partial charge in [-0.2, -0.15) is 0 Å². The highest BCUT2D eigenvalue weighted by Gasteiger charge is 2.45. The van der Waals surface area contributed by atoms with E-state index in [1.165, 1.54) is 20.8 Å². The van der Waals surface area contributed by atoms with Crippen LogP contribution < -0.4 is 21.6 Å². The number of likely N-dealkylation sites (tertiary alicyclic amines) is 1. The second kappa shape index (κ2) is 12.5. The number of imide groups is 1. The number of rotatable bonds is 12. The van der Waals surface area contributed by atoms with Gasteiger partial charge in [-0.3, -0.25) is 19.3 Å². The summed E-state index contributed by atoms with van der Waals surface area (Å²) in [5.74, 6) is -1.43. The first kappa shape index (κ1) is 27.1. The lowest BCUT2D eigenvalue weighted by atomic mass is 10.3. The zero-order chi connectivity index (χ0) is 26.3. The largest absolute Gasteiger partial charge is 0.480 e. The number of carboxylic acid groups (broad SMARTS) is 1. The number of hydrogen-bond acceptors (Lipinski definition) is 5. The van der Waals surface area contributed by atoms with Crippen molar-refractivity contribution in [2.75, 3.05) is 18.5 Å². The summed E-state index contributed by atoms with van der Waals surface area (Å²) in [5.41, 5.74) is 5.57. The maximum Gasteiger partial charge on any atom is 0.321 e. The molecule has 2 atom stereocenters. The summed E-state index contributed by atoms with van der Waals surface area (Å²) < 4.78 is 0. The highest BCUT2D eigenvalue weighted by Crippen LogP contribution is 2.55. The molecule has 1 unspecified atom stereocenters. The Kier molecular flexibility index (Phi) is 9.14. The van der Waals surface area contributed by atoms with Gasteiger partial charge >= 0.3 is 5.97 Å². The zero-order valence-electron chi connectivity index (χ0n) is 20.6. The molecule has 0 radical (unpaired) electrons. The molecule has 2 amide bonds. The van der Waals surface area contributed by atoms with E-state index in [9.17, 15) is 14.4 Å². The molecule has 6 nitrogen and oxygen atoms in total. The van der Waals surface area contributed by atoms with Crippen LogP contribution in [0.2, 0.25) is 0 Å². The second-order valence-corrected chi connectivity index (χ2v) is 14.0. The van der Waals surface area contributed by atoms with Crippen molar-refractivity contribution in [3.8, 4) is 0 Å². The SMILES string of the molecule is N[C@@H](CSC1CC(=O)N(CCCC[P+](c2ccccc2)(c2ccccc2)c2ccccc2)C1=O)C(=O)O. The van der Waals surface area contributed by atoms with Crippen molar-refractivity contribution in [1.82, 2.24) is 4.90 Å². The number of nitrogens with two attached hydrogens (primary N) is 1. The Balaban J connectivity index is 1.49. The van der Waals surface area contributed by atoms with E-state index in [4.69, 9.17) is 10.8 Å². The van der Waals surface area contributed by atoms with Crippen LogP contribution in [0.5, 0.6) is 0 Å². The zero-order valence-corrected chi connectivity index (χ0v) is 22.3. The van der Waals surface area contributed by atoms with Crippen molar-refractivity contribution in [1.29, 1.82) is 0 Å². The normalized spacial score (nSPS) is 16.7. The van der Waals surface area contributed by atoms with Gasteiger partial charge in [-0.05, 0) is 49.2 Å². The van der Waals surface area contributed by atoms with Crippen molar-refractivity contribution in [2.24, 2.45) is 5.73 Å². The van der Waals surface area contributed by atoms with Crippen molar-refractivity contribution < 1.29 is 19.5 Å². The van der Waals surface area contributed by atoms with Gasteiger partial charge in [0.1, 0.15) is 29.2 Å².